The molecule has 0 bridgehead atoms. The van der Waals surface area contributed by atoms with E-state index in [1.54, 1.807) is 0 Å². The summed E-state index contributed by atoms with van der Waals surface area (Å²) in [5.74, 6) is 0. The molecule has 3 N–H and O–H groups in total. The van der Waals surface area contributed by atoms with E-state index in [-0.39, 0.29) is 6.54 Å². The van der Waals surface area contributed by atoms with E-state index in [1.807, 2.05) is 4.98 Å². The SMILES string of the molecule is C[C@]1(F)[C@H](Cn2ccc(=O)[nH]c2=O)O[C@H](CO)[C@H]1O. The minimum atomic E-state index is -2.09. The lowest BCUT2D eigenvalue weighted by Crippen LogP contribution is -2.44. The molecule has 1 fully saturated rings. The molecule has 1 aliphatic rings. The molecular weight excluding hydrogens is 259 g/mol. The van der Waals surface area contributed by atoms with E-state index in [2.05, 4.69) is 0 Å². The fraction of sp³-hybridized carbons (Fsp3) is 0.636. The number of nitrogens with zero attached hydrogens (tertiary/aromatic N) is 1. The molecule has 0 amide bonds. The number of aromatic nitrogens is 2. The van der Waals surface area contributed by atoms with E-state index in [4.69, 9.17) is 9.84 Å². The van der Waals surface area contributed by atoms with Gasteiger partial charge in [-0.1, -0.05) is 0 Å². The van der Waals surface area contributed by atoms with Gasteiger partial charge in [-0.05, 0) is 6.92 Å². The van der Waals surface area contributed by atoms with Crippen LogP contribution in [0.15, 0.2) is 21.9 Å². The summed E-state index contributed by atoms with van der Waals surface area (Å²) in [5, 5.41) is 18.6. The summed E-state index contributed by atoms with van der Waals surface area (Å²) >= 11 is 0. The van der Waals surface area contributed by atoms with Gasteiger partial charge in [0.2, 0.25) is 0 Å². The lowest BCUT2D eigenvalue weighted by molar-refractivity contribution is -0.0277. The van der Waals surface area contributed by atoms with Gasteiger partial charge in [0.1, 0.15) is 18.3 Å². The molecule has 2 heterocycles. The lowest BCUT2D eigenvalue weighted by Gasteiger charge is -2.24. The molecule has 1 aliphatic heterocycles. The van der Waals surface area contributed by atoms with Gasteiger partial charge in [-0.2, -0.15) is 0 Å². The van der Waals surface area contributed by atoms with Crippen LogP contribution >= 0.6 is 0 Å². The molecule has 4 atom stereocenters. The van der Waals surface area contributed by atoms with E-state index >= 15 is 0 Å². The van der Waals surface area contributed by atoms with Crippen LogP contribution < -0.4 is 11.2 Å². The van der Waals surface area contributed by atoms with Gasteiger partial charge in [-0.15, -0.1) is 0 Å². The van der Waals surface area contributed by atoms with E-state index in [9.17, 15) is 19.1 Å². The molecule has 7 nitrogen and oxygen atoms in total. The molecule has 0 aromatic carbocycles. The number of aromatic amines is 1. The normalized spacial score (nSPS) is 34.6. The fourth-order valence-electron chi connectivity index (χ4n) is 2.10. The number of hydrogen-bond acceptors (Lipinski definition) is 5. The van der Waals surface area contributed by atoms with Crippen molar-refractivity contribution in [2.45, 2.75) is 37.4 Å². The van der Waals surface area contributed by atoms with Gasteiger partial charge in [0.05, 0.1) is 13.2 Å². The second kappa shape index (κ2) is 4.87. The van der Waals surface area contributed by atoms with Crippen molar-refractivity contribution in [3.63, 3.8) is 0 Å². The highest BCUT2D eigenvalue weighted by Gasteiger charge is 2.53. The highest BCUT2D eigenvalue weighted by molar-refractivity contribution is 5.01. The predicted octanol–water partition coefficient (Wildman–Crippen LogP) is -1.61. The maximum Gasteiger partial charge on any atom is 0.328 e. The monoisotopic (exact) mass is 274 g/mol. The lowest BCUT2D eigenvalue weighted by atomic mass is 9.95. The molecule has 0 aliphatic carbocycles. The Hall–Kier alpha value is -1.51. The predicted molar refractivity (Wildman–Crippen MR) is 62.6 cm³/mol. The van der Waals surface area contributed by atoms with Gasteiger partial charge in [0, 0.05) is 12.3 Å². The zero-order valence-electron chi connectivity index (χ0n) is 10.2. The molecule has 0 radical (unpaired) electrons. The van der Waals surface area contributed by atoms with E-state index in [1.165, 1.54) is 6.20 Å². The maximum absolute atomic E-state index is 14.3. The third-order valence-electron chi connectivity index (χ3n) is 3.34. The molecule has 8 heteroatoms. The molecule has 1 aromatic rings. The van der Waals surface area contributed by atoms with E-state index in [0.717, 1.165) is 17.6 Å². The van der Waals surface area contributed by atoms with Gasteiger partial charge in [0.15, 0.2) is 5.67 Å². The van der Waals surface area contributed by atoms with E-state index in [0.29, 0.717) is 0 Å². The summed E-state index contributed by atoms with van der Waals surface area (Å²) in [4.78, 5) is 24.4. The van der Waals surface area contributed by atoms with Crippen molar-refractivity contribution >= 4 is 0 Å². The molecule has 1 aromatic heterocycles. The fourth-order valence-corrected chi connectivity index (χ4v) is 2.10. The Balaban J connectivity index is 2.24. The van der Waals surface area contributed by atoms with Crippen molar-refractivity contribution in [1.82, 2.24) is 9.55 Å². The zero-order valence-corrected chi connectivity index (χ0v) is 10.2. The summed E-state index contributed by atoms with van der Waals surface area (Å²) in [6.45, 7) is 0.461. The number of ether oxygens (including phenoxy) is 1. The van der Waals surface area contributed by atoms with Gasteiger partial charge in [0.25, 0.3) is 5.56 Å². The van der Waals surface area contributed by atoms with Crippen LogP contribution in [0.5, 0.6) is 0 Å². The second-order valence-electron chi connectivity index (χ2n) is 4.70. The molecular formula is C11H15FN2O5. The van der Waals surface area contributed by atoms with Crippen LogP contribution in [0.4, 0.5) is 4.39 Å². The molecule has 0 spiro atoms. The number of hydrogen-bond donors (Lipinski definition) is 3. The van der Waals surface area contributed by atoms with Gasteiger partial charge >= 0.3 is 5.69 Å². The number of halogens is 1. The largest absolute Gasteiger partial charge is 0.394 e. The van der Waals surface area contributed by atoms with Gasteiger partial charge < -0.3 is 14.9 Å². The zero-order chi connectivity index (χ0) is 14.2. The van der Waals surface area contributed by atoms with Crippen molar-refractivity contribution < 1.29 is 19.3 Å². The number of aliphatic hydroxyl groups excluding tert-OH is 2. The van der Waals surface area contributed by atoms with Crippen LogP contribution in [0.2, 0.25) is 0 Å². The molecule has 106 valence electrons. The number of nitrogens with one attached hydrogen (secondary N) is 1. The smallest absolute Gasteiger partial charge is 0.328 e. The third kappa shape index (κ3) is 2.46. The van der Waals surface area contributed by atoms with Crippen LogP contribution in [-0.4, -0.2) is 50.4 Å². The highest BCUT2D eigenvalue weighted by atomic mass is 19.1. The maximum atomic E-state index is 14.3. The first kappa shape index (κ1) is 13.9. The van der Waals surface area contributed by atoms with Crippen LogP contribution in [0.3, 0.4) is 0 Å². The Morgan fingerprint density at radius 3 is 2.79 bits per heavy atom. The van der Waals surface area contributed by atoms with Crippen molar-refractivity contribution in [3.8, 4) is 0 Å². The molecule has 0 saturated carbocycles. The third-order valence-corrected chi connectivity index (χ3v) is 3.34. The van der Waals surface area contributed by atoms with Crippen LogP contribution in [-0.2, 0) is 11.3 Å². The minimum absolute atomic E-state index is 0.170. The average molecular weight is 274 g/mol. The first-order valence-electron chi connectivity index (χ1n) is 5.79. The quantitative estimate of drug-likeness (QED) is 0.615. The minimum Gasteiger partial charge on any atom is -0.394 e. The summed E-state index contributed by atoms with van der Waals surface area (Å²) in [6.07, 6.45) is -2.37. The number of H-pyrrole nitrogens is 1. The topological polar surface area (TPSA) is 105 Å². The number of alkyl halides is 1. The molecule has 19 heavy (non-hydrogen) atoms. The summed E-state index contributed by atoms with van der Waals surface area (Å²) in [6, 6.07) is 1.13. The second-order valence-corrected chi connectivity index (χ2v) is 4.70. The summed E-state index contributed by atoms with van der Waals surface area (Å²) < 4.78 is 20.6. The first-order chi connectivity index (χ1) is 8.86. The highest BCUT2D eigenvalue weighted by Crippen LogP contribution is 2.34. The van der Waals surface area contributed by atoms with Crippen molar-refractivity contribution in [1.29, 1.82) is 0 Å². The van der Waals surface area contributed by atoms with Crippen molar-refractivity contribution in [2.75, 3.05) is 6.61 Å². The average Bonchev–Trinajstić information content (AvgIpc) is 2.56. The number of rotatable bonds is 3. The van der Waals surface area contributed by atoms with Crippen LogP contribution in [0.1, 0.15) is 6.92 Å². The van der Waals surface area contributed by atoms with Crippen LogP contribution in [0, 0.1) is 0 Å². The Bertz CT molecular complexity index is 567. The standard InChI is InChI=1S/C11H15FN2O5/c1-11(12)7(19-6(5-15)9(11)17)4-14-3-2-8(16)13-10(14)18/h2-3,6-7,9,15,17H,4-5H2,1H3,(H,13,16,18)/t6-,7+,9-,11+/m1/s1. The molecule has 2 rings (SSSR count). The Kier molecular flexibility index (Phi) is 3.57. The summed E-state index contributed by atoms with van der Waals surface area (Å²) in [7, 11) is 0. The Morgan fingerprint density at radius 2 is 2.26 bits per heavy atom. The Morgan fingerprint density at radius 1 is 1.58 bits per heavy atom. The van der Waals surface area contributed by atoms with Crippen LogP contribution in [0.25, 0.3) is 0 Å². The van der Waals surface area contributed by atoms with Crippen molar-refractivity contribution in [2.24, 2.45) is 0 Å². The van der Waals surface area contributed by atoms with Gasteiger partial charge in [-0.3, -0.25) is 14.3 Å². The van der Waals surface area contributed by atoms with Crippen molar-refractivity contribution in [3.05, 3.63) is 33.1 Å². The van der Waals surface area contributed by atoms with Gasteiger partial charge in [-0.25, -0.2) is 9.18 Å². The van der Waals surface area contributed by atoms with E-state index < -0.39 is 41.8 Å². The molecule has 1 saturated heterocycles. The number of aliphatic hydroxyl groups is 2. The first-order valence-corrected chi connectivity index (χ1v) is 5.79. The summed E-state index contributed by atoms with van der Waals surface area (Å²) in [5.41, 5.74) is -3.33. The Labute approximate surface area is 107 Å². The molecule has 0 unspecified atom stereocenters.